The number of nitrogens with zero attached hydrogens (tertiary/aromatic N) is 3. The van der Waals surface area contributed by atoms with Gasteiger partial charge in [0.15, 0.2) is 5.82 Å². The summed E-state index contributed by atoms with van der Waals surface area (Å²) in [4.78, 5) is 29.2. The summed E-state index contributed by atoms with van der Waals surface area (Å²) in [7, 11) is 1.78. The Bertz CT molecular complexity index is 890. The van der Waals surface area contributed by atoms with Gasteiger partial charge in [0, 0.05) is 30.6 Å². The molecule has 2 amide bonds. The Labute approximate surface area is 183 Å². The predicted molar refractivity (Wildman–Crippen MR) is 120 cm³/mol. The molecule has 9 heteroatoms. The minimum atomic E-state index is -0.250. The molecule has 2 aromatic rings. The Hall–Kier alpha value is -2.45. The number of aryl methyl sites for hydroxylation is 2. The molecule has 3 N–H and O–H groups in total. The van der Waals surface area contributed by atoms with Crippen molar-refractivity contribution < 1.29 is 9.59 Å². The molecule has 0 spiro atoms. The van der Waals surface area contributed by atoms with Gasteiger partial charge in [0.2, 0.25) is 11.9 Å². The van der Waals surface area contributed by atoms with Crippen LogP contribution in [0.25, 0.3) is 0 Å². The lowest BCUT2D eigenvalue weighted by Gasteiger charge is -2.19. The number of halogens is 1. The second-order valence-electron chi connectivity index (χ2n) is 8.07. The van der Waals surface area contributed by atoms with Gasteiger partial charge < -0.3 is 10.6 Å². The molecule has 30 heavy (non-hydrogen) atoms. The molecule has 0 unspecified atom stereocenters. The molecule has 1 fully saturated rings. The summed E-state index contributed by atoms with van der Waals surface area (Å²) in [5, 5.41) is 13.6. The Morgan fingerprint density at radius 3 is 2.57 bits per heavy atom. The highest BCUT2D eigenvalue weighted by Crippen LogP contribution is 2.24. The maximum absolute atomic E-state index is 12.7. The van der Waals surface area contributed by atoms with Crippen LogP contribution in [-0.4, -0.2) is 39.7 Å². The topological polar surface area (TPSA) is 101 Å². The third kappa shape index (κ3) is 6.03. The molecule has 3 rings (SSSR count). The standard InChI is InChI=1S/C21H30N6O2.ClH/c1-13(2)11-18(28)23-17-6-5-16(12-14(17)3)20(29)25-21-24-19(26-27(21)4)15-7-9-22-10-8-15;/h5-6,12-13,15,22H,7-11H2,1-4H3,(H,23,28)(H,24,25,26,29);1H. The number of amides is 2. The number of nitrogens with one attached hydrogen (secondary N) is 3. The van der Waals surface area contributed by atoms with Gasteiger partial charge in [-0.25, -0.2) is 4.68 Å². The summed E-state index contributed by atoms with van der Waals surface area (Å²) < 4.78 is 1.61. The summed E-state index contributed by atoms with van der Waals surface area (Å²) in [6.07, 6.45) is 2.47. The highest BCUT2D eigenvalue weighted by molar-refractivity contribution is 6.04. The lowest BCUT2D eigenvalue weighted by molar-refractivity contribution is -0.116. The zero-order chi connectivity index (χ0) is 21.0. The smallest absolute Gasteiger partial charge is 0.258 e. The van der Waals surface area contributed by atoms with Crippen LogP contribution in [0, 0.1) is 12.8 Å². The Kier molecular flexibility index (Phi) is 8.37. The van der Waals surface area contributed by atoms with E-state index in [1.165, 1.54) is 0 Å². The minimum absolute atomic E-state index is 0. The minimum Gasteiger partial charge on any atom is -0.326 e. The molecule has 0 bridgehead atoms. The molecule has 8 nitrogen and oxygen atoms in total. The summed E-state index contributed by atoms with van der Waals surface area (Å²) in [5.74, 6) is 1.56. The molecule has 0 radical (unpaired) electrons. The highest BCUT2D eigenvalue weighted by atomic mass is 35.5. The van der Waals surface area contributed by atoms with E-state index in [0.29, 0.717) is 29.8 Å². The van der Waals surface area contributed by atoms with Gasteiger partial charge in [0.05, 0.1) is 0 Å². The number of piperidine rings is 1. The van der Waals surface area contributed by atoms with Gasteiger partial charge in [-0.05, 0) is 62.5 Å². The molecular weight excluding hydrogens is 404 g/mol. The van der Waals surface area contributed by atoms with Crippen molar-refractivity contribution in [1.82, 2.24) is 20.1 Å². The van der Waals surface area contributed by atoms with E-state index in [0.717, 1.165) is 43.0 Å². The number of carbonyl (C=O) groups is 2. The molecule has 164 valence electrons. The highest BCUT2D eigenvalue weighted by Gasteiger charge is 2.21. The van der Waals surface area contributed by atoms with Crippen molar-refractivity contribution in [3.8, 4) is 0 Å². The quantitative estimate of drug-likeness (QED) is 0.647. The van der Waals surface area contributed by atoms with Crippen molar-refractivity contribution in [2.75, 3.05) is 23.7 Å². The van der Waals surface area contributed by atoms with E-state index in [1.807, 2.05) is 20.8 Å². The molecule has 1 aromatic heterocycles. The summed E-state index contributed by atoms with van der Waals surface area (Å²) in [6.45, 7) is 7.80. The number of hydrogen-bond acceptors (Lipinski definition) is 5. The molecule has 1 aliphatic rings. The SMILES string of the molecule is Cc1cc(C(=O)Nc2nc(C3CCNCC3)nn2C)ccc1NC(=O)CC(C)C.Cl. The number of aromatic nitrogens is 3. The van der Waals surface area contributed by atoms with Crippen LogP contribution < -0.4 is 16.0 Å². The molecule has 0 atom stereocenters. The summed E-state index contributed by atoms with van der Waals surface area (Å²) in [6, 6.07) is 5.24. The Balaban J connectivity index is 0.00000320. The molecule has 1 aromatic carbocycles. The molecule has 0 aliphatic carbocycles. The van der Waals surface area contributed by atoms with Gasteiger partial charge >= 0.3 is 0 Å². The molecular formula is C21H31ClN6O2. The van der Waals surface area contributed by atoms with Gasteiger partial charge in [-0.3, -0.25) is 14.9 Å². The summed E-state index contributed by atoms with van der Waals surface area (Å²) >= 11 is 0. The third-order valence-electron chi connectivity index (χ3n) is 5.07. The van der Waals surface area contributed by atoms with Crippen LogP contribution in [0.5, 0.6) is 0 Å². The Morgan fingerprint density at radius 1 is 1.23 bits per heavy atom. The maximum Gasteiger partial charge on any atom is 0.258 e. The fraction of sp³-hybridized carbons (Fsp3) is 0.524. The number of anilines is 2. The number of rotatable bonds is 6. The van der Waals surface area contributed by atoms with Gasteiger partial charge in [-0.1, -0.05) is 13.8 Å². The molecule has 2 heterocycles. The van der Waals surface area contributed by atoms with Crippen molar-refractivity contribution in [1.29, 1.82) is 0 Å². The molecule has 1 saturated heterocycles. The van der Waals surface area contributed by atoms with E-state index in [4.69, 9.17) is 0 Å². The monoisotopic (exact) mass is 434 g/mol. The first-order valence-corrected chi connectivity index (χ1v) is 10.2. The first-order chi connectivity index (χ1) is 13.8. The van der Waals surface area contributed by atoms with Crippen LogP contribution in [0.2, 0.25) is 0 Å². The predicted octanol–water partition coefficient (Wildman–Crippen LogP) is 3.25. The van der Waals surface area contributed by atoms with Gasteiger partial charge in [0.25, 0.3) is 5.91 Å². The normalized spacial score (nSPS) is 14.3. The maximum atomic E-state index is 12.7. The average molecular weight is 435 g/mol. The number of hydrogen-bond donors (Lipinski definition) is 3. The van der Waals surface area contributed by atoms with E-state index >= 15 is 0 Å². The Morgan fingerprint density at radius 2 is 1.93 bits per heavy atom. The second-order valence-corrected chi connectivity index (χ2v) is 8.07. The van der Waals surface area contributed by atoms with E-state index in [-0.39, 0.29) is 24.2 Å². The zero-order valence-corrected chi connectivity index (χ0v) is 18.8. The third-order valence-corrected chi connectivity index (χ3v) is 5.07. The van der Waals surface area contributed by atoms with Crippen LogP contribution >= 0.6 is 12.4 Å². The summed E-state index contributed by atoms with van der Waals surface area (Å²) in [5.41, 5.74) is 2.07. The van der Waals surface area contributed by atoms with Crippen molar-refractivity contribution in [2.45, 2.75) is 46.0 Å². The average Bonchev–Trinajstić information content (AvgIpc) is 3.04. The van der Waals surface area contributed by atoms with Crippen LogP contribution in [-0.2, 0) is 11.8 Å². The molecule has 0 saturated carbocycles. The number of carbonyl (C=O) groups excluding carboxylic acids is 2. The lowest BCUT2D eigenvalue weighted by Crippen LogP contribution is -2.27. The fourth-order valence-corrected chi connectivity index (χ4v) is 3.46. The van der Waals surface area contributed by atoms with Crippen LogP contribution in [0.1, 0.15) is 60.8 Å². The van der Waals surface area contributed by atoms with E-state index in [1.54, 1.807) is 29.9 Å². The van der Waals surface area contributed by atoms with Gasteiger partial charge in [0.1, 0.15) is 0 Å². The van der Waals surface area contributed by atoms with Crippen molar-refractivity contribution in [2.24, 2.45) is 13.0 Å². The van der Waals surface area contributed by atoms with Gasteiger partial charge in [-0.15, -0.1) is 12.4 Å². The zero-order valence-electron chi connectivity index (χ0n) is 18.0. The van der Waals surface area contributed by atoms with Crippen LogP contribution in [0.15, 0.2) is 18.2 Å². The molecule has 1 aliphatic heterocycles. The lowest BCUT2D eigenvalue weighted by atomic mass is 9.98. The van der Waals surface area contributed by atoms with E-state index < -0.39 is 0 Å². The second kappa shape index (κ2) is 10.5. The number of benzene rings is 1. The van der Waals surface area contributed by atoms with Crippen molar-refractivity contribution >= 4 is 35.9 Å². The van der Waals surface area contributed by atoms with Crippen molar-refractivity contribution in [3.63, 3.8) is 0 Å². The first kappa shape index (κ1) is 23.8. The van der Waals surface area contributed by atoms with Crippen molar-refractivity contribution in [3.05, 3.63) is 35.2 Å². The van der Waals surface area contributed by atoms with Crippen LogP contribution in [0.3, 0.4) is 0 Å². The first-order valence-electron chi connectivity index (χ1n) is 10.2. The largest absolute Gasteiger partial charge is 0.326 e. The van der Waals surface area contributed by atoms with E-state index in [9.17, 15) is 9.59 Å². The fourth-order valence-electron chi connectivity index (χ4n) is 3.46. The van der Waals surface area contributed by atoms with Crippen LogP contribution in [0.4, 0.5) is 11.6 Å². The van der Waals surface area contributed by atoms with E-state index in [2.05, 4.69) is 26.0 Å². The van der Waals surface area contributed by atoms with Gasteiger partial charge in [-0.2, -0.15) is 10.1 Å².